The third-order valence-electron chi connectivity index (χ3n) is 6.45. The van der Waals surface area contributed by atoms with Gasteiger partial charge in [0.2, 0.25) is 28.6 Å². The van der Waals surface area contributed by atoms with Crippen LogP contribution in [0.4, 0.5) is 5.69 Å². The molecule has 1 N–H and O–H groups in total. The van der Waals surface area contributed by atoms with Crippen LogP contribution in [-0.2, 0) is 26.2 Å². The van der Waals surface area contributed by atoms with Crippen LogP contribution in [0.3, 0.4) is 0 Å². The number of nitrogens with zero attached hydrogens (tertiary/aromatic N) is 2. The van der Waals surface area contributed by atoms with Gasteiger partial charge in [0.25, 0.3) is 0 Å². The van der Waals surface area contributed by atoms with Crippen molar-refractivity contribution < 1.29 is 27.5 Å². The number of halogens is 1. The number of fused-ring (bicyclic) bond motifs is 1. The first-order valence-corrected chi connectivity index (χ1v) is 15.0. The standard InChI is InChI=1S/C27H36ClN3O6S/c1-5-19(3)29-27(33)23(6-2)30(17-20-9-11-21(28)12-10-20)26(32)8-7-15-31(38(4,34)35)22-13-14-24-25(16-22)37-18-36-24/h9-14,16,19,23H,5-8,15,17-18H2,1-4H3,(H,29,33)/t19-,23-/m1/s1. The van der Waals surface area contributed by atoms with Gasteiger partial charge in [0.05, 0.1) is 11.9 Å². The number of benzene rings is 2. The van der Waals surface area contributed by atoms with Crippen molar-refractivity contribution in [3.05, 3.63) is 53.1 Å². The van der Waals surface area contributed by atoms with Crippen LogP contribution in [0.1, 0.15) is 52.0 Å². The molecule has 0 unspecified atom stereocenters. The van der Waals surface area contributed by atoms with Crippen molar-refractivity contribution in [2.75, 3.05) is 23.9 Å². The second-order valence-corrected chi connectivity index (χ2v) is 11.7. The van der Waals surface area contributed by atoms with Crippen LogP contribution in [0, 0.1) is 0 Å². The molecule has 11 heteroatoms. The van der Waals surface area contributed by atoms with E-state index in [0.717, 1.165) is 18.2 Å². The summed E-state index contributed by atoms with van der Waals surface area (Å²) in [6, 6.07) is 11.4. The van der Waals surface area contributed by atoms with Gasteiger partial charge in [0, 0.05) is 36.6 Å². The van der Waals surface area contributed by atoms with Gasteiger partial charge in [-0.15, -0.1) is 0 Å². The van der Waals surface area contributed by atoms with Crippen LogP contribution < -0.4 is 19.1 Å². The molecule has 2 aromatic carbocycles. The summed E-state index contributed by atoms with van der Waals surface area (Å²) in [7, 11) is -3.62. The first kappa shape index (κ1) is 29.6. The second kappa shape index (κ2) is 13.2. The molecule has 38 heavy (non-hydrogen) atoms. The molecule has 1 aliphatic rings. The molecular weight excluding hydrogens is 530 g/mol. The third kappa shape index (κ3) is 7.77. The molecule has 2 aromatic rings. The SMILES string of the molecule is CC[C@@H](C)NC(=O)[C@@H](CC)N(Cc1ccc(Cl)cc1)C(=O)CCCN(c1ccc2c(c1)OCO2)S(C)(=O)=O. The van der Waals surface area contributed by atoms with E-state index in [9.17, 15) is 18.0 Å². The highest BCUT2D eigenvalue weighted by atomic mass is 35.5. The fraction of sp³-hybridized carbons (Fsp3) is 0.481. The minimum atomic E-state index is -3.62. The van der Waals surface area contributed by atoms with Crippen molar-refractivity contribution in [1.29, 1.82) is 0 Å². The molecule has 0 saturated heterocycles. The number of carbonyl (C=O) groups excluding carboxylic acids is 2. The van der Waals surface area contributed by atoms with Crippen LogP contribution in [-0.4, -0.2) is 56.8 Å². The van der Waals surface area contributed by atoms with Crippen LogP contribution >= 0.6 is 11.6 Å². The summed E-state index contributed by atoms with van der Waals surface area (Å²) >= 11 is 6.03. The molecular formula is C27H36ClN3O6S. The highest BCUT2D eigenvalue weighted by molar-refractivity contribution is 7.92. The van der Waals surface area contributed by atoms with Crippen LogP contribution in [0.5, 0.6) is 11.5 Å². The molecule has 0 bridgehead atoms. The first-order valence-electron chi connectivity index (χ1n) is 12.7. The predicted octanol–water partition coefficient (Wildman–Crippen LogP) is 4.34. The van der Waals surface area contributed by atoms with Crippen molar-refractivity contribution in [3.8, 4) is 11.5 Å². The van der Waals surface area contributed by atoms with Crippen molar-refractivity contribution >= 4 is 39.1 Å². The number of anilines is 1. The minimum Gasteiger partial charge on any atom is -0.454 e. The van der Waals surface area contributed by atoms with Gasteiger partial charge in [0.15, 0.2) is 11.5 Å². The van der Waals surface area contributed by atoms with E-state index >= 15 is 0 Å². The van der Waals surface area contributed by atoms with Crippen molar-refractivity contribution in [2.24, 2.45) is 0 Å². The smallest absolute Gasteiger partial charge is 0.243 e. The Morgan fingerprint density at radius 1 is 1.05 bits per heavy atom. The summed E-state index contributed by atoms with van der Waals surface area (Å²) in [4.78, 5) is 28.2. The molecule has 2 atom stereocenters. The number of rotatable bonds is 13. The highest BCUT2D eigenvalue weighted by Crippen LogP contribution is 2.36. The summed E-state index contributed by atoms with van der Waals surface area (Å²) in [6.07, 6.45) is 2.67. The fourth-order valence-corrected chi connectivity index (χ4v) is 5.27. The van der Waals surface area contributed by atoms with Crippen LogP contribution in [0.25, 0.3) is 0 Å². The van der Waals surface area contributed by atoms with E-state index in [2.05, 4.69) is 5.32 Å². The zero-order valence-electron chi connectivity index (χ0n) is 22.3. The largest absolute Gasteiger partial charge is 0.454 e. The van der Waals surface area contributed by atoms with Gasteiger partial charge in [-0.1, -0.05) is 37.6 Å². The van der Waals surface area contributed by atoms with E-state index in [1.54, 1.807) is 35.2 Å². The summed E-state index contributed by atoms with van der Waals surface area (Å²) in [5.74, 6) is 0.587. The molecule has 0 saturated carbocycles. The maximum atomic E-state index is 13.5. The molecule has 1 aliphatic heterocycles. The third-order valence-corrected chi connectivity index (χ3v) is 7.90. The number of hydrogen-bond donors (Lipinski definition) is 1. The van der Waals surface area contributed by atoms with Crippen LogP contribution in [0.2, 0.25) is 5.02 Å². The lowest BCUT2D eigenvalue weighted by molar-refractivity contribution is -0.141. The van der Waals surface area contributed by atoms with E-state index in [-0.39, 0.29) is 50.6 Å². The number of hydrogen-bond acceptors (Lipinski definition) is 6. The topological polar surface area (TPSA) is 105 Å². The van der Waals surface area contributed by atoms with E-state index in [1.165, 1.54) is 4.31 Å². The number of ether oxygens (including phenoxy) is 2. The van der Waals surface area contributed by atoms with Gasteiger partial charge in [-0.3, -0.25) is 13.9 Å². The average Bonchev–Trinajstić information content (AvgIpc) is 3.34. The lowest BCUT2D eigenvalue weighted by Gasteiger charge is -2.32. The lowest BCUT2D eigenvalue weighted by atomic mass is 10.1. The Labute approximate surface area is 230 Å². The average molecular weight is 566 g/mol. The number of amides is 2. The van der Waals surface area contributed by atoms with E-state index in [0.29, 0.717) is 28.6 Å². The van der Waals surface area contributed by atoms with Gasteiger partial charge >= 0.3 is 0 Å². The maximum absolute atomic E-state index is 13.5. The zero-order chi connectivity index (χ0) is 27.9. The van der Waals surface area contributed by atoms with Crippen LogP contribution in [0.15, 0.2) is 42.5 Å². The quantitative estimate of drug-likeness (QED) is 0.387. The predicted molar refractivity (Wildman–Crippen MR) is 148 cm³/mol. The Balaban J connectivity index is 1.76. The molecule has 0 spiro atoms. The monoisotopic (exact) mass is 565 g/mol. The Morgan fingerprint density at radius 3 is 2.37 bits per heavy atom. The van der Waals surface area contributed by atoms with Crippen molar-refractivity contribution in [2.45, 2.75) is 65.1 Å². The second-order valence-electron chi connectivity index (χ2n) is 9.37. The van der Waals surface area contributed by atoms with E-state index in [4.69, 9.17) is 21.1 Å². The molecule has 0 aromatic heterocycles. The maximum Gasteiger partial charge on any atom is 0.243 e. The van der Waals surface area contributed by atoms with Gasteiger partial charge in [-0.05, 0) is 56.0 Å². The van der Waals surface area contributed by atoms with E-state index < -0.39 is 16.1 Å². The van der Waals surface area contributed by atoms with Gasteiger partial charge in [0.1, 0.15) is 6.04 Å². The highest BCUT2D eigenvalue weighted by Gasteiger charge is 2.29. The molecule has 1 heterocycles. The molecule has 2 amide bonds. The van der Waals surface area contributed by atoms with Gasteiger partial charge < -0.3 is 19.7 Å². The van der Waals surface area contributed by atoms with Gasteiger partial charge in [-0.2, -0.15) is 0 Å². The number of carbonyl (C=O) groups is 2. The summed E-state index contributed by atoms with van der Waals surface area (Å²) in [5, 5.41) is 3.56. The number of nitrogens with one attached hydrogen (secondary N) is 1. The van der Waals surface area contributed by atoms with E-state index in [1.807, 2.05) is 32.9 Å². The Morgan fingerprint density at radius 2 is 1.74 bits per heavy atom. The summed E-state index contributed by atoms with van der Waals surface area (Å²) < 4.78 is 37.1. The molecule has 3 rings (SSSR count). The lowest BCUT2D eigenvalue weighted by Crippen LogP contribution is -2.50. The Hall–Kier alpha value is -2.98. The van der Waals surface area contributed by atoms with Crippen molar-refractivity contribution in [3.63, 3.8) is 0 Å². The molecule has 0 aliphatic carbocycles. The first-order chi connectivity index (χ1) is 18.0. The molecule has 0 fully saturated rings. The summed E-state index contributed by atoms with van der Waals surface area (Å²) in [6.45, 7) is 6.18. The Bertz CT molecular complexity index is 1220. The fourth-order valence-electron chi connectivity index (χ4n) is 4.19. The molecule has 0 radical (unpaired) electrons. The number of sulfonamides is 1. The van der Waals surface area contributed by atoms with Crippen molar-refractivity contribution in [1.82, 2.24) is 10.2 Å². The minimum absolute atomic E-state index is 0.0194. The summed E-state index contributed by atoms with van der Waals surface area (Å²) in [5.41, 5.74) is 1.28. The zero-order valence-corrected chi connectivity index (χ0v) is 23.8. The molecule has 208 valence electrons. The van der Waals surface area contributed by atoms with Gasteiger partial charge in [-0.25, -0.2) is 8.42 Å². The molecule has 9 nitrogen and oxygen atoms in total. The Kier molecular flexibility index (Phi) is 10.3. The normalized spacial score (nSPS) is 14.0.